The van der Waals surface area contributed by atoms with Gasteiger partial charge >= 0.3 is 0 Å². The first-order chi connectivity index (χ1) is 12.2. The summed E-state index contributed by atoms with van der Waals surface area (Å²) in [5.41, 5.74) is 1.09. The Morgan fingerprint density at radius 3 is 3.00 bits per heavy atom. The summed E-state index contributed by atoms with van der Waals surface area (Å²) in [5, 5.41) is 3.97. The van der Waals surface area contributed by atoms with Gasteiger partial charge in [-0.25, -0.2) is 0 Å². The number of rotatable bonds is 8. The Morgan fingerprint density at radius 1 is 1.36 bits per heavy atom. The van der Waals surface area contributed by atoms with Crippen LogP contribution in [-0.4, -0.2) is 47.6 Å². The number of ketones is 1. The van der Waals surface area contributed by atoms with E-state index in [-0.39, 0.29) is 5.92 Å². The minimum atomic E-state index is 0.0878. The fourth-order valence-corrected chi connectivity index (χ4v) is 3.24. The van der Waals surface area contributed by atoms with Gasteiger partial charge in [0, 0.05) is 32.4 Å². The highest BCUT2D eigenvalue weighted by Gasteiger charge is 2.26. The van der Waals surface area contributed by atoms with Crippen LogP contribution in [0.15, 0.2) is 34.9 Å². The standard InChI is InChI=1S/C19H25N3O3/c1-24-11-9-18-20-19(25-21-18)14-22-10-5-8-16(13-22)17(23)12-15-6-3-2-4-7-15/h2-4,6-7,16H,5,8-14H2,1H3/t16-/m1/s1. The van der Waals surface area contributed by atoms with E-state index in [9.17, 15) is 4.79 Å². The smallest absolute Gasteiger partial charge is 0.240 e. The van der Waals surface area contributed by atoms with Crippen LogP contribution in [0.25, 0.3) is 0 Å². The van der Waals surface area contributed by atoms with Crippen molar-refractivity contribution in [1.82, 2.24) is 15.0 Å². The third-order valence-electron chi connectivity index (χ3n) is 4.58. The molecule has 2 aromatic rings. The molecular formula is C19H25N3O3. The number of aromatic nitrogens is 2. The molecule has 3 rings (SSSR count). The fraction of sp³-hybridized carbons (Fsp3) is 0.526. The number of hydrogen-bond donors (Lipinski definition) is 0. The van der Waals surface area contributed by atoms with Crippen molar-refractivity contribution in [2.45, 2.75) is 32.2 Å². The van der Waals surface area contributed by atoms with Crippen molar-refractivity contribution in [3.8, 4) is 0 Å². The van der Waals surface area contributed by atoms with Crippen molar-refractivity contribution in [3.05, 3.63) is 47.6 Å². The van der Waals surface area contributed by atoms with Gasteiger partial charge in [0.2, 0.25) is 5.89 Å². The molecule has 0 unspecified atom stereocenters. The zero-order chi connectivity index (χ0) is 17.5. The lowest BCUT2D eigenvalue weighted by molar-refractivity contribution is -0.124. The average molecular weight is 343 g/mol. The molecule has 1 aliphatic rings. The molecule has 1 saturated heterocycles. The summed E-state index contributed by atoms with van der Waals surface area (Å²) < 4.78 is 10.3. The van der Waals surface area contributed by atoms with Gasteiger partial charge in [-0.1, -0.05) is 35.5 Å². The second-order valence-electron chi connectivity index (χ2n) is 6.55. The monoisotopic (exact) mass is 343 g/mol. The number of benzene rings is 1. The Morgan fingerprint density at radius 2 is 2.20 bits per heavy atom. The van der Waals surface area contributed by atoms with Crippen LogP contribution in [0.3, 0.4) is 0 Å². The van der Waals surface area contributed by atoms with E-state index in [4.69, 9.17) is 9.26 Å². The molecule has 1 aromatic heterocycles. The number of likely N-dealkylation sites (tertiary alicyclic amines) is 1. The summed E-state index contributed by atoms with van der Waals surface area (Å²) in [6.45, 7) is 2.92. The van der Waals surface area contributed by atoms with Crippen molar-refractivity contribution >= 4 is 5.78 Å². The summed E-state index contributed by atoms with van der Waals surface area (Å²) in [4.78, 5) is 19.2. The molecular weight excluding hydrogens is 318 g/mol. The van der Waals surface area contributed by atoms with Crippen LogP contribution in [0.5, 0.6) is 0 Å². The van der Waals surface area contributed by atoms with Crippen LogP contribution in [-0.2, 0) is 28.9 Å². The average Bonchev–Trinajstić information content (AvgIpc) is 3.08. The molecule has 0 bridgehead atoms. The number of carbonyl (C=O) groups is 1. The number of ether oxygens (including phenoxy) is 1. The van der Waals surface area contributed by atoms with Crippen LogP contribution >= 0.6 is 0 Å². The van der Waals surface area contributed by atoms with E-state index in [1.165, 1.54) is 0 Å². The molecule has 6 nitrogen and oxygen atoms in total. The highest BCUT2D eigenvalue weighted by molar-refractivity contribution is 5.83. The van der Waals surface area contributed by atoms with E-state index < -0.39 is 0 Å². The van der Waals surface area contributed by atoms with Gasteiger partial charge in [0.1, 0.15) is 5.78 Å². The molecule has 0 amide bonds. The molecule has 25 heavy (non-hydrogen) atoms. The highest BCUT2D eigenvalue weighted by Crippen LogP contribution is 2.20. The molecule has 0 aliphatic carbocycles. The van der Waals surface area contributed by atoms with E-state index in [1.807, 2.05) is 30.3 Å². The van der Waals surface area contributed by atoms with Gasteiger partial charge < -0.3 is 9.26 Å². The maximum Gasteiger partial charge on any atom is 0.240 e. The highest BCUT2D eigenvalue weighted by atomic mass is 16.5. The lowest BCUT2D eigenvalue weighted by atomic mass is 9.90. The van der Waals surface area contributed by atoms with Crippen molar-refractivity contribution in [2.75, 3.05) is 26.8 Å². The number of nitrogens with zero attached hydrogens (tertiary/aromatic N) is 3. The Kier molecular flexibility index (Phi) is 6.30. The number of methoxy groups -OCH3 is 1. The van der Waals surface area contributed by atoms with E-state index in [0.29, 0.717) is 43.5 Å². The summed E-state index contributed by atoms with van der Waals surface area (Å²) in [6.07, 6.45) is 3.15. The summed E-state index contributed by atoms with van der Waals surface area (Å²) in [5.74, 6) is 1.69. The van der Waals surface area contributed by atoms with Gasteiger partial charge in [0.25, 0.3) is 0 Å². The molecule has 6 heteroatoms. The fourth-order valence-electron chi connectivity index (χ4n) is 3.24. The predicted octanol–water partition coefficient (Wildman–Crippen LogP) is 2.28. The molecule has 0 spiro atoms. The largest absolute Gasteiger partial charge is 0.384 e. The van der Waals surface area contributed by atoms with E-state index in [1.54, 1.807) is 7.11 Å². The molecule has 1 atom stereocenters. The molecule has 1 aliphatic heterocycles. The van der Waals surface area contributed by atoms with Crippen LogP contribution in [0.2, 0.25) is 0 Å². The van der Waals surface area contributed by atoms with Crippen molar-refractivity contribution < 1.29 is 14.1 Å². The number of hydrogen-bond acceptors (Lipinski definition) is 6. The van der Waals surface area contributed by atoms with Crippen LogP contribution in [0.1, 0.15) is 30.1 Å². The van der Waals surface area contributed by atoms with E-state index in [0.717, 1.165) is 31.5 Å². The zero-order valence-electron chi connectivity index (χ0n) is 14.7. The van der Waals surface area contributed by atoms with E-state index >= 15 is 0 Å². The Labute approximate surface area is 148 Å². The van der Waals surface area contributed by atoms with Crippen molar-refractivity contribution in [2.24, 2.45) is 5.92 Å². The summed E-state index contributed by atoms with van der Waals surface area (Å²) in [7, 11) is 1.65. The minimum Gasteiger partial charge on any atom is -0.384 e. The molecule has 0 N–H and O–H groups in total. The molecule has 1 aromatic carbocycles. The third-order valence-corrected chi connectivity index (χ3v) is 4.58. The maximum atomic E-state index is 12.6. The van der Waals surface area contributed by atoms with Crippen LogP contribution in [0.4, 0.5) is 0 Å². The Hall–Kier alpha value is -2.05. The lowest BCUT2D eigenvalue weighted by Gasteiger charge is -2.30. The second kappa shape index (κ2) is 8.87. The molecule has 0 saturated carbocycles. The quantitative estimate of drug-likeness (QED) is 0.732. The van der Waals surface area contributed by atoms with Crippen LogP contribution < -0.4 is 0 Å². The zero-order valence-corrected chi connectivity index (χ0v) is 14.7. The van der Waals surface area contributed by atoms with Gasteiger partial charge in [-0.05, 0) is 24.9 Å². The first-order valence-corrected chi connectivity index (χ1v) is 8.84. The van der Waals surface area contributed by atoms with Gasteiger partial charge in [-0.3, -0.25) is 9.69 Å². The van der Waals surface area contributed by atoms with E-state index in [2.05, 4.69) is 15.0 Å². The topological polar surface area (TPSA) is 68.5 Å². The first-order valence-electron chi connectivity index (χ1n) is 8.84. The number of Topliss-reactive ketones (excluding diaryl/α,β-unsaturated/α-hetero) is 1. The summed E-state index contributed by atoms with van der Waals surface area (Å²) >= 11 is 0. The number of piperidine rings is 1. The molecule has 134 valence electrons. The maximum absolute atomic E-state index is 12.6. The van der Waals surface area contributed by atoms with Gasteiger partial charge in [0.05, 0.1) is 13.2 Å². The summed E-state index contributed by atoms with van der Waals surface area (Å²) in [6, 6.07) is 9.96. The molecule has 0 radical (unpaired) electrons. The minimum absolute atomic E-state index is 0.0878. The van der Waals surface area contributed by atoms with Gasteiger partial charge in [-0.15, -0.1) is 0 Å². The first kappa shape index (κ1) is 17.8. The normalized spacial score (nSPS) is 18.4. The van der Waals surface area contributed by atoms with Crippen LogP contribution in [0, 0.1) is 5.92 Å². The second-order valence-corrected chi connectivity index (χ2v) is 6.55. The van der Waals surface area contributed by atoms with Gasteiger partial charge in [-0.2, -0.15) is 4.98 Å². The Balaban J connectivity index is 1.52. The van der Waals surface area contributed by atoms with Crippen molar-refractivity contribution in [1.29, 1.82) is 0 Å². The predicted molar refractivity (Wildman–Crippen MR) is 93.0 cm³/mol. The SMILES string of the molecule is COCCc1noc(CN2CCC[C@@H](C(=O)Cc3ccccc3)C2)n1. The molecule has 2 heterocycles. The number of carbonyl (C=O) groups excluding carboxylic acids is 1. The lowest BCUT2D eigenvalue weighted by Crippen LogP contribution is -2.38. The van der Waals surface area contributed by atoms with Crippen molar-refractivity contribution in [3.63, 3.8) is 0 Å². The Bertz CT molecular complexity index is 672. The third kappa shape index (κ3) is 5.21. The van der Waals surface area contributed by atoms with Gasteiger partial charge in [0.15, 0.2) is 5.82 Å². The molecule has 1 fully saturated rings.